The quantitative estimate of drug-likeness (QED) is 0.483. The van der Waals surface area contributed by atoms with E-state index in [0.29, 0.717) is 42.1 Å². The monoisotopic (exact) mass is 430 g/mol. The van der Waals surface area contributed by atoms with E-state index < -0.39 is 0 Å². The molecule has 0 aliphatic carbocycles. The van der Waals surface area contributed by atoms with Crippen LogP contribution in [0.1, 0.15) is 36.0 Å². The summed E-state index contributed by atoms with van der Waals surface area (Å²) in [6.45, 7) is 2.46. The maximum atomic E-state index is 13.2. The molecule has 0 atom stereocenters. The number of hydrogen-bond acceptors (Lipinski definition) is 7. The Hall–Kier alpha value is -2.87. The van der Waals surface area contributed by atoms with Gasteiger partial charge in [0.2, 0.25) is 0 Å². The molecule has 0 fully saturated rings. The Bertz CT molecular complexity index is 1100. The fourth-order valence-corrected chi connectivity index (χ4v) is 4.28. The van der Waals surface area contributed by atoms with E-state index in [1.807, 2.05) is 24.3 Å². The van der Waals surface area contributed by atoms with Gasteiger partial charge in [-0.15, -0.1) is 11.3 Å². The summed E-state index contributed by atoms with van der Waals surface area (Å²) in [5.41, 5.74) is 0.879. The van der Waals surface area contributed by atoms with Gasteiger partial charge in [0.1, 0.15) is 10.7 Å². The third-order valence-corrected chi connectivity index (χ3v) is 6.10. The van der Waals surface area contributed by atoms with Crippen molar-refractivity contribution in [1.29, 1.82) is 0 Å². The molecule has 0 saturated carbocycles. The molecular weight excluding hydrogens is 404 g/mol. The summed E-state index contributed by atoms with van der Waals surface area (Å²) >= 11 is 1.55. The summed E-state index contributed by atoms with van der Waals surface area (Å²) in [6, 6.07) is 7.58. The first kappa shape index (κ1) is 21.8. The molecular formula is C22H26N2O5S. The normalized spacial score (nSPS) is 10.9. The van der Waals surface area contributed by atoms with E-state index in [2.05, 4.69) is 6.92 Å². The molecule has 3 rings (SSSR count). The van der Waals surface area contributed by atoms with E-state index in [-0.39, 0.29) is 17.9 Å². The molecule has 0 amide bonds. The van der Waals surface area contributed by atoms with Crippen molar-refractivity contribution in [2.24, 2.45) is 0 Å². The Labute approximate surface area is 179 Å². The second kappa shape index (κ2) is 9.75. The molecule has 0 saturated heterocycles. The van der Waals surface area contributed by atoms with Gasteiger partial charge in [0.05, 0.1) is 26.7 Å². The van der Waals surface area contributed by atoms with Crippen molar-refractivity contribution in [2.45, 2.75) is 39.2 Å². The lowest BCUT2D eigenvalue weighted by Gasteiger charge is -2.14. The lowest BCUT2D eigenvalue weighted by molar-refractivity contribution is -0.140. The van der Waals surface area contributed by atoms with Gasteiger partial charge in [0.25, 0.3) is 5.56 Å². The van der Waals surface area contributed by atoms with Gasteiger partial charge in [0.15, 0.2) is 11.5 Å². The van der Waals surface area contributed by atoms with Gasteiger partial charge in [-0.05, 0) is 36.6 Å². The molecule has 0 radical (unpaired) electrons. The second-order valence-electron chi connectivity index (χ2n) is 6.82. The van der Waals surface area contributed by atoms with E-state index >= 15 is 0 Å². The highest BCUT2D eigenvalue weighted by molar-refractivity contribution is 7.18. The van der Waals surface area contributed by atoms with Crippen LogP contribution in [0.2, 0.25) is 0 Å². The number of rotatable bonds is 9. The molecule has 8 heteroatoms. The second-order valence-corrected chi connectivity index (χ2v) is 7.93. The van der Waals surface area contributed by atoms with E-state index in [9.17, 15) is 9.59 Å². The molecule has 2 heterocycles. The van der Waals surface area contributed by atoms with E-state index in [1.165, 1.54) is 7.11 Å². The number of benzene rings is 1. The minimum Gasteiger partial charge on any atom is -0.493 e. The number of aromatic nitrogens is 2. The minimum absolute atomic E-state index is 0.0729. The van der Waals surface area contributed by atoms with Crippen LogP contribution in [0, 0.1) is 0 Å². The van der Waals surface area contributed by atoms with Crippen molar-refractivity contribution < 1.29 is 19.0 Å². The largest absolute Gasteiger partial charge is 0.493 e. The molecule has 0 bridgehead atoms. The first-order valence-corrected chi connectivity index (χ1v) is 10.6. The first-order valence-electron chi connectivity index (χ1n) is 9.80. The maximum absolute atomic E-state index is 13.2. The fraction of sp³-hybridized carbons (Fsp3) is 0.409. The standard InChI is InChI=1S/C22H26N2O5S/c1-5-15-13-16-21(30-15)23-19(24(22(16)26)10-6-7-20(25)29-4)12-14-8-9-17(27-2)18(11-14)28-3/h8-9,11,13H,5-7,10,12H2,1-4H3. The summed E-state index contributed by atoms with van der Waals surface area (Å²) in [5.74, 6) is 1.64. The van der Waals surface area contributed by atoms with Crippen LogP contribution in [-0.4, -0.2) is 36.8 Å². The van der Waals surface area contributed by atoms with Crippen molar-refractivity contribution in [2.75, 3.05) is 21.3 Å². The maximum Gasteiger partial charge on any atom is 0.305 e. The summed E-state index contributed by atoms with van der Waals surface area (Å²) < 4.78 is 17.1. The van der Waals surface area contributed by atoms with Crippen molar-refractivity contribution in [1.82, 2.24) is 9.55 Å². The van der Waals surface area contributed by atoms with Gasteiger partial charge in [-0.3, -0.25) is 14.2 Å². The van der Waals surface area contributed by atoms with Gasteiger partial charge in [-0.25, -0.2) is 4.98 Å². The summed E-state index contributed by atoms with van der Waals surface area (Å²) in [7, 11) is 4.54. The van der Waals surface area contributed by atoms with Crippen molar-refractivity contribution in [3.8, 4) is 11.5 Å². The van der Waals surface area contributed by atoms with Crippen LogP contribution in [0.5, 0.6) is 11.5 Å². The molecule has 160 valence electrons. The van der Waals surface area contributed by atoms with Crippen LogP contribution in [0.3, 0.4) is 0 Å². The molecule has 1 aromatic carbocycles. The summed E-state index contributed by atoms with van der Waals surface area (Å²) in [4.78, 5) is 31.4. The van der Waals surface area contributed by atoms with Crippen LogP contribution in [0.25, 0.3) is 10.2 Å². The smallest absolute Gasteiger partial charge is 0.305 e. The summed E-state index contributed by atoms with van der Waals surface area (Å²) in [5, 5.41) is 0.631. The zero-order chi connectivity index (χ0) is 21.7. The number of fused-ring (bicyclic) bond motifs is 1. The SMILES string of the molecule is CCc1cc2c(=O)n(CCCC(=O)OC)c(Cc3ccc(OC)c(OC)c3)nc2s1. The van der Waals surface area contributed by atoms with Gasteiger partial charge in [0, 0.05) is 24.3 Å². The van der Waals surface area contributed by atoms with Gasteiger partial charge in [-0.1, -0.05) is 13.0 Å². The first-order chi connectivity index (χ1) is 14.5. The van der Waals surface area contributed by atoms with Gasteiger partial charge < -0.3 is 14.2 Å². The fourth-order valence-electron chi connectivity index (χ4n) is 3.30. The molecule has 0 unspecified atom stereocenters. The molecule has 30 heavy (non-hydrogen) atoms. The molecule has 0 N–H and O–H groups in total. The number of hydrogen-bond donors (Lipinski definition) is 0. The van der Waals surface area contributed by atoms with Crippen LogP contribution < -0.4 is 15.0 Å². The topological polar surface area (TPSA) is 79.7 Å². The average Bonchev–Trinajstić information content (AvgIpc) is 3.19. The predicted octanol–water partition coefficient (Wildman–Crippen LogP) is 3.58. The Balaban J connectivity index is 2.01. The highest BCUT2D eigenvalue weighted by Gasteiger charge is 2.16. The molecule has 0 aliphatic heterocycles. The van der Waals surface area contributed by atoms with Crippen LogP contribution in [0.4, 0.5) is 0 Å². The van der Waals surface area contributed by atoms with Crippen molar-refractivity contribution >= 4 is 27.5 Å². The number of aryl methyl sites for hydroxylation is 1. The number of thiophene rings is 1. The lowest BCUT2D eigenvalue weighted by Crippen LogP contribution is -2.25. The van der Waals surface area contributed by atoms with E-state index in [0.717, 1.165) is 21.7 Å². The van der Waals surface area contributed by atoms with Crippen LogP contribution in [0.15, 0.2) is 29.1 Å². The average molecular weight is 431 g/mol. The Morgan fingerprint density at radius 3 is 2.57 bits per heavy atom. The number of methoxy groups -OCH3 is 3. The number of carbonyl (C=O) groups excluding carboxylic acids is 1. The van der Waals surface area contributed by atoms with Gasteiger partial charge in [-0.2, -0.15) is 0 Å². The molecule has 2 aromatic heterocycles. The number of ether oxygens (including phenoxy) is 3. The number of nitrogens with zero attached hydrogens (tertiary/aromatic N) is 2. The van der Waals surface area contributed by atoms with Crippen molar-refractivity contribution in [3.63, 3.8) is 0 Å². The summed E-state index contributed by atoms with van der Waals surface area (Å²) in [6.07, 6.45) is 2.07. The number of carbonyl (C=O) groups is 1. The van der Waals surface area contributed by atoms with Crippen LogP contribution in [-0.2, 0) is 28.9 Å². The van der Waals surface area contributed by atoms with Crippen LogP contribution >= 0.6 is 11.3 Å². The third kappa shape index (κ3) is 4.64. The molecule has 3 aromatic rings. The third-order valence-electron chi connectivity index (χ3n) is 4.93. The minimum atomic E-state index is -0.290. The zero-order valence-electron chi connectivity index (χ0n) is 17.7. The van der Waals surface area contributed by atoms with E-state index in [4.69, 9.17) is 19.2 Å². The van der Waals surface area contributed by atoms with E-state index in [1.54, 1.807) is 30.1 Å². The molecule has 7 nitrogen and oxygen atoms in total. The molecule has 0 spiro atoms. The highest BCUT2D eigenvalue weighted by atomic mass is 32.1. The van der Waals surface area contributed by atoms with Crippen molar-refractivity contribution in [3.05, 3.63) is 50.9 Å². The zero-order valence-corrected chi connectivity index (χ0v) is 18.5. The Morgan fingerprint density at radius 1 is 1.13 bits per heavy atom. The number of esters is 1. The highest BCUT2D eigenvalue weighted by Crippen LogP contribution is 2.29. The lowest BCUT2D eigenvalue weighted by atomic mass is 10.1. The van der Waals surface area contributed by atoms with Gasteiger partial charge >= 0.3 is 5.97 Å². The Kier molecular flexibility index (Phi) is 7.10. The molecule has 0 aliphatic rings. The Morgan fingerprint density at radius 2 is 1.90 bits per heavy atom. The predicted molar refractivity (Wildman–Crippen MR) is 117 cm³/mol.